The first kappa shape index (κ1) is 15.1. The highest BCUT2D eigenvalue weighted by molar-refractivity contribution is 5.78. The number of rotatable bonds is 8. The Morgan fingerprint density at radius 3 is 2.72 bits per heavy atom. The molecule has 0 saturated carbocycles. The average molecular weight is 255 g/mol. The van der Waals surface area contributed by atoms with Crippen molar-refractivity contribution in [2.75, 3.05) is 59.5 Å². The lowest BCUT2D eigenvalue weighted by molar-refractivity contribution is -0.131. The van der Waals surface area contributed by atoms with Gasteiger partial charge in [-0.3, -0.25) is 4.79 Å². The molecular weight excluding hydrogens is 230 g/mol. The van der Waals surface area contributed by atoms with E-state index in [0.29, 0.717) is 19.8 Å². The molecule has 0 aromatic carbocycles. The zero-order chi connectivity index (χ0) is 13.2. The van der Waals surface area contributed by atoms with Crippen LogP contribution >= 0.6 is 0 Å². The summed E-state index contributed by atoms with van der Waals surface area (Å²) in [6.45, 7) is 9.72. The van der Waals surface area contributed by atoms with E-state index in [4.69, 9.17) is 4.74 Å². The van der Waals surface area contributed by atoms with Gasteiger partial charge in [0.05, 0.1) is 19.8 Å². The quantitative estimate of drug-likeness (QED) is 0.488. The number of ether oxygens (including phenoxy) is 1. The van der Waals surface area contributed by atoms with Crippen LogP contribution in [-0.4, -0.2) is 75.2 Å². The predicted molar refractivity (Wildman–Crippen MR) is 72.6 cm³/mol. The number of amides is 1. The topological polar surface area (TPSA) is 44.8 Å². The number of hydrogen-bond acceptors (Lipinski definition) is 4. The highest BCUT2D eigenvalue weighted by Gasteiger charge is 2.17. The van der Waals surface area contributed by atoms with E-state index in [1.54, 1.807) is 0 Å². The van der Waals surface area contributed by atoms with E-state index in [1.165, 1.54) is 0 Å². The fourth-order valence-corrected chi connectivity index (χ4v) is 1.78. The number of hydrogen-bond donors (Lipinski definition) is 1. The summed E-state index contributed by atoms with van der Waals surface area (Å²) < 4.78 is 5.35. The number of carbonyl (C=O) groups is 1. The van der Waals surface area contributed by atoms with Crippen molar-refractivity contribution < 1.29 is 9.53 Å². The van der Waals surface area contributed by atoms with Gasteiger partial charge in [-0.25, -0.2) is 0 Å². The first-order valence-corrected chi connectivity index (χ1v) is 6.59. The van der Waals surface area contributed by atoms with E-state index in [0.717, 1.165) is 39.1 Å². The van der Waals surface area contributed by atoms with Crippen LogP contribution in [0.3, 0.4) is 0 Å². The van der Waals surface area contributed by atoms with Crippen LogP contribution in [0.4, 0.5) is 0 Å². The van der Waals surface area contributed by atoms with Crippen LogP contribution in [0.1, 0.15) is 6.42 Å². The highest BCUT2D eigenvalue weighted by Crippen LogP contribution is 1.98. The molecule has 1 heterocycles. The minimum atomic E-state index is 0.189. The molecule has 1 saturated heterocycles. The van der Waals surface area contributed by atoms with Crippen molar-refractivity contribution in [3.8, 4) is 0 Å². The number of carbonyl (C=O) groups excluding carboxylic acids is 1. The Labute approximate surface area is 110 Å². The molecule has 0 unspecified atom stereocenters. The van der Waals surface area contributed by atoms with Crippen molar-refractivity contribution in [1.29, 1.82) is 0 Å². The van der Waals surface area contributed by atoms with Crippen LogP contribution in [0, 0.1) is 0 Å². The molecule has 5 nitrogen and oxygen atoms in total. The van der Waals surface area contributed by atoms with Crippen molar-refractivity contribution >= 4 is 5.91 Å². The Hall–Kier alpha value is -0.910. The van der Waals surface area contributed by atoms with Gasteiger partial charge in [0, 0.05) is 32.7 Å². The first-order valence-electron chi connectivity index (χ1n) is 6.59. The normalized spacial score (nSPS) is 16.8. The van der Waals surface area contributed by atoms with Crippen molar-refractivity contribution in [1.82, 2.24) is 15.1 Å². The molecule has 0 aromatic heterocycles. The maximum atomic E-state index is 11.8. The molecule has 1 aliphatic rings. The van der Waals surface area contributed by atoms with Crippen LogP contribution < -0.4 is 5.32 Å². The van der Waals surface area contributed by atoms with Crippen LogP contribution in [0.2, 0.25) is 0 Å². The zero-order valence-electron chi connectivity index (χ0n) is 11.4. The molecule has 0 aliphatic carbocycles. The van der Waals surface area contributed by atoms with E-state index in [-0.39, 0.29) is 5.91 Å². The van der Waals surface area contributed by atoms with E-state index in [9.17, 15) is 4.79 Å². The lowest BCUT2D eigenvalue weighted by atomic mass is 10.3. The Balaban J connectivity index is 1.98. The number of nitrogens with one attached hydrogen (secondary N) is 1. The van der Waals surface area contributed by atoms with Gasteiger partial charge in [0.1, 0.15) is 0 Å². The minimum absolute atomic E-state index is 0.189. The van der Waals surface area contributed by atoms with Gasteiger partial charge in [0.25, 0.3) is 0 Å². The van der Waals surface area contributed by atoms with Gasteiger partial charge in [0.2, 0.25) is 5.91 Å². The fraction of sp³-hybridized carbons (Fsp3) is 0.769. The predicted octanol–water partition coefficient (Wildman–Crippen LogP) is -0.0573. The maximum absolute atomic E-state index is 11.8. The second-order valence-electron chi connectivity index (χ2n) is 4.55. The molecule has 5 heteroatoms. The molecule has 1 rings (SSSR count). The summed E-state index contributed by atoms with van der Waals surface area (Å²) >= 11 is 0. The third kappa shape index (κ3) is 6.14. The Kier molecular flexibility index (Phi) is 7.64. The summed E-state index contributed by atoms with van der Waals surface area (Å²) in [5.41, 5.74) is 0. The lowest BCUT2D eigenvalue weighted by Gasteiger charge is -2.32. The maximum Gasteiger partial charge on any atom is 0.236 e. The summed E-state index contributed by atoms with van der Waals surface area (Å²) in [5, 5.41) is 3.11. The van der Waals surface area contributed by atoms with Gasteiger partial charge in [-0.05, 0) is 13.5 Å². The van der Waals surface area contributed by atoms with Crippen molar-refractivity contribution in [2.24, 2.45) is 0 Å². The largest absolute Gasteiger partial charge is 0.380 e. The molecule has 0 bridgehead atoms. The molecule has 1 aliphatic heterocycles. The molecule has 0 spiro atoms. The van der Waals surface area contributed by atoms with Gasteiger partial charge in [-0.2, -0.15) is 0 Å². The van der Waals surface area contributed by atoms with Crippen LogP contribution in [-0.2, 0) is 9.53 Å². The Bertz CT molecular complexity index is 251. The van der Waals surface area contributed by atoms with Gasteiger partial charge >= 0.3 is 0 Å². The summed E-state index contributed by atoms with van der Waals surface area (Å²) in [5.74, 6) is 0.189. The van der Waals surface area contributed by atoms with Gasteiger partial charge in [0.15, 0.2) is 0 Å². The second kappa shape index (κ2) is 9.08. The van der Waals surface area contributed by atoms with Gasteiger partial charge in [-0.15, -0.1) is 6.58 Å². The Morgan fingerprint density at radius 2 is 2.06 bits per heavy atom. The average Bonchev–Trinajstić information content (AvgIpc) is 2.38. The highest BCUT2D eigenvalue weighted by atomic mass is 16.5. The van der Waals surface area contributed by atoms with Crippen LogP contribution in [0.25, 0.3) is 0 Å². The molecule has 1 fully saturated rings. The van der Waals surface area contributed by atoms with Gasteiger partial charge < -0.3 is 19.9 Å². The van der Waals surface area contributed by atoms with Crippen LogP contribution in [0.15, 0.2) is 12.7 Å². The third-order valence-corrected chi connectivity index (χ3v) is 3.02. The zero-order valence-corrected chi connectivity index (χ0v) is 11.4. The molecule has 0 aromatic rings. The van der Waals surface area contributed by atoms with Gasteiger partial charge in [-0.1, -0.05) is 6.08 Å². The number of piperazine rings is 1. The standard InChI is InChI=1S/C13H25N3O2/c1-3-4-10-18-11-5-14-12-13(17)16-8-6-15(2)7-9-16/h3,14H,1,4-12H2,2H3. The number of likely N-dealkylation sites (N-methyl/N-ethyl adjacent to an activating group) is 1. The van der Waals surface area contributed by atoms with Crippen molar-refractivity contribution in [3.63, 3.8) is 0 Å². The van der Waals surface area contributed by atoms with E-state index < -0.39 is 0 Å². The van der Waals surface area contributed by atoms with E-state index in [2.05, 4.69) is 23.8 Å². The molecule has 1 N–H and O–H groups in total. The fourth-order valence-electron chi connectivity index (χ4n) is 1.78. The molecule has 0 radical (unpaired) electrons. The second-order valence-corrected chi connectivity index (χ2v) is 4.55. The smallest absolute Gasteiger partial charge is 0.236 e. The molecule has 1 amide bonds. The van der Waals surface area contributed by atoms with Crippen molar-refractivity contribution in [2.45, 2.75) is 6.42 Å². The summed E-state index contributed by atoms with van der Waals surface area (Å²) in [6.07, 6.45) is 2.71. The van der Waals surface area contributed by atoms with E-state index in [1.807, 2.05) is 11.0 Å². The summed E-state index contributed by atoms with van der Waals surface area (Å²) in [7, 11) is 2.08. The Morgan fingerprint density at radius 1 is 1.33 bits per heavy atom. The summed E-state index contributed by atoms with van der Waals surface area (Å²) in [6, 6.07) is 0. The number of nitrogens with zero attached hydrogens (tertiary/aromatic N) is 2. The van der Waals surface area contributed by atoms with E-state index >= 15 is 0 Å². The molecule has 104 valence electrons. The minimum Gasteiger partial charge on any atom is -0.380 e. The monoisotopic (exact) mass is 255 g/mol. The molecule has 0 atom stereocenters. The molecule has 18 heavy (non-hydrogen) atoms. The molecular formula is C13H25N3O2. The summed E-state index contributed by atoms with van der Waals surface area (Å²) in [4.78, 5) is 16.0. The SMILES string of the molecule is C=CCCOCCNCC(=O)N1CCN(C)CC1. The lowest BCUT2D eigenvalue weighted by Crippen LogP contribution is -2.49. The third-order valence-electron chi connectivity index (χ3n) is 3.02. The van der Waals surface area contributed by atoms with Crippen molar-refractivity contribution in [3.05, 3.63) is 12.7 Å². The first-order chi connectivity index (χ1) is 8.74. The van der Waals surface area contributed by atoms with Crippen LogP contribution in [0.5, 0.6) is 0 Å².